The van der Waals surface area contributed by atoms with E-state index < -0.39 is 0 Å². The molecule has 5 nitrogen and oxygen atoms in total. The Morgan fingerprint density at radius 2 is 1.47 bits per heavy atom. The second kappa shape index (κ2) is 20.2. The van der Waals surface area contributed by atoms with Crippen molar-refractivity contribution in [1.29, 1.82) is 0 Å². The van der Waals surface area contributed by atoms with E-state index in [9.17, 15) is 0 Å². The summed E-state index contributed by atoms with van der Waals surface area (Å²) >= 11 is 0. The van der Waals surface area contributed by atoms with Gasteiger partial charge in [-0.25, -0.2) is 0 Å². The van der Waals surface area contributed by atoms with E-state index in [1.807, 2.05) is 39.0 Å². The number of hydrazine groups is 1. The fraction of sp³-hybridized carbons (Fsp3) is 0.417. The van der Waals surface area contributed by atoms with Crippen LogP contribution in [0.2, 0.25) is 0 Å². The van der Waals surface area contributed by atoms with Gasteiger partial charge < -0.3 is 10.6 Å². The zero-order chi connectivity index (χ0) is 13.0. The average molecular weight is 303 g/mol. The SMILES string of the molecule is CC(C)(C)NN.Cc1ccccc1.Cl.O=CO.[Na+].[OH-]. The van der Waals surface area contributed by atoms with Gasteiger partial charge in [-0.05, 0) is 27.7 Å². The molecule has 0 atom stereocenters. The van der Waals surface area contributed by atoms with Crippen LogP contribution in [-0.4, -0.2) is 22.6 Å². The molecule has 0 aliphatic carbocycles. The van der Waals surface area contributed by atoms with Crippen LogP contribution in [0.1, 0.15) is 26.3 Å². The fourth-order valence-electron chi connectivity index (χ4n) is 0.534. The second-order valence-electron chi connectivity index (χ2n) is 4.15. The largest absolute Gasteiger partial charge is 1.00 e. The first-order valence-electron chi connectivity index (χ1n) is 4.94. The van der Waals surface area contributed by atoms with Crippen LogP contribution in [0.25, 0.3) is 0 Å². The van der Waals surface area contributed by atoms with Gasteiger partial charge in [0.15, 0.2) is 0 Å². The first-order valence-corrected chi connectivity index (χ1v) is 4.94. The summed E-state index contributed by atoms with van der Waals surface area (Å²) in [5, 5.41) is 6.89. The molecule has 1 aromatic rings. The molecule has 5 N–H and O–H groups in total. The third kappa shape index (κ3) is 38.1. The van der Waals surface area contributed by atoms with Gasteiger partial charge >= 0.3 is 29.6 Å². The summed E-state index contributed by atoms with van der Waals surface area (Å²) in [6.07, 6.45) is 0. The molecule has 0 saturated heterocycles. The summed E-state index contributed by atoms with van der Waals surface area (Å²) in [6.45, 7) is 7.85. The minimum Gasteiger partial charge on any atom is -0.870 e. The number of hydrogen-bond acceptors (Lipinski definition) is 4. The number of rotatable bonds is 0. The Morgan fingerprint density at radius 1 is 1.21 bits per heavy atom. The van der Waals surface area contributed by atoms with E-state index in [1.54, 1.807) is 0 Å². The summed E-state index contributed by atoms with van der Waals surface area (Å²) < 4.78 is 0. The van der Waals surface area contributed by atoms with Gasteiger partial charge in [0, 0.05) is 5.54 Å². The fourth-order valence-corrected chi connectivity index (χ4v) is 0.534. The van der Waals surface area contributed by atoms with E-state index in [2.05, 4.69) is 24.5 Å². The third-order valence-corrected chi connectivity index (χ3v) is 1.37. The molecular weight excluding hydrogens is 279 g/mol. The van der Waals surface area contributed by atoms with Gasteiger partial charge in [-0.15, -0.1) is 12.4 Å². The number of carboxylic acid groups (broad SMARTS) is 1. The summed E-state index contributed by atoms with van der Waals surface area (Å²) in [6, 6.07) is 10.3. The molecule has 0 heterocycles. The van der Waals surface area contributed by atoms with Crippen LogP contribution in [0.4, 0.5) is 0 Å². The van der Waals surface area contributed by atoms with E-state index >= 15 is 0 Å². The first kappa shape index (κ1) is 31.3. The van der Waals surface area contributed by atoms with Gasteiger partial charge in [0.25, 0.3) is 6.47 Å². The molecule has 7 heteroatoms. The number of nitrogens with two attached hydrogens (primary N) is 1. The molecule has 0 aromatic heterocycles. The molecule has 1 aromatic carbocycles. The van der Waals surface area contributed by atoms with Crippen LogP contribution >= 0.6 is 12.4 Å². The molecule has 0 aliphatic heterocycles. The van der Waals surface area contributed by atoms with Gasteiger partial charge in [0.1, 0.15) is 0 Å². The average Bonchev–Trinajstić information content (AvgIpc) is 2.20. The van der Waals surface area contributed by atoms with Crippen LogP contribution in [0.3, 0.4) is 0 Å². The number of hydrogen-bond donors (Lipinski definition) is 3. The van der Waals surface area contributed by atoms with Crippen molar-refractivity contribution in [3.8, 4) is 0 Å². The van der Waals surface area contributed by atoms with Crippen molar-refractivity contribution in [1.82, 2.24) is 5.43 Å². The molecule has 0 spiro atoms. The summed E-state index contributed by atoms with van der Waals surface area (Å²) in [5.74, 6) is 5.06. The molecule has 0 radical (unpaired) electrons. The normalized spacial score (nSPS) is 7.63. The van der Waals surface area contributed by atoms with Gasteiger partial charge in [-0.2, -0.15) is 0 Å². The molecule has 0 bridgehead atoms. The van der Waals surface area contributed by atoms with Crippen molar-refractivity contribution in [2.75, 3.05) is 0 Å². The molecule has 0 fully saturated rings. The van der Waals surface area contributed by atoms with Crippen LogP contribution in [0.15, 0.2) is 30.3 Å². The Labute approximate surface area is 143 Å². The third-order valence-electron chi connectivity index (χ3n) is 1.37. The van der Waals surface area contributed by atoms with Gasteiger partial charge in [0.05, 0.1) is 0 Å². The quantitative estimate of drug-likeness (QED) is 0.252. The Hall–Kier alpha value is -0.140. The summed E-state index contributed by atoms with van der Waals surface area (Å²) in [5.41, 5.74) is 4.00. The zero-order valence-electron chi connectivity index (χ0n) is 12.3. The van der Waals surface area contributed by atoms with E-state index in [1.165, 1.54) is 5.56 Å². The van der Waals surface area contributed by atoms with Crippen LogP contribution in [0, 0.1) is 6.92 Å². The Kier molecular flexibility index (Phi) is 33.3. The number of carbonyl (C=O) groups is 1. The van der Waals surface area contributed by atoms with Crippen LogP contribution < -0.4 is 40.8 Å². The Morgan fingerprint density at radius 3 is 1.58 bits per heavy atom. The number of aryl methyl sites for hydroxylation is 1. The predicted molar refractivity (Wildman–Crippen MR) is 76.1 cm³/mol. The van der Waals surface area contributed by atoms with Crippen molar-refractivity contribution < 1.29 is 44.9 Å². The minimum atomic E-state index is -0.250. The van der Waals surface area contributed by atoms with E-state index in [4.69, 9.17) is 15.7 Å². The molecule has 0 amide bonds. The van der Waals surface area contributed by atoms with Crippen molar-refractivity contribution in [2.45, 2.75) is 33.2 Å². The van der Waals surface area contributed by atoms with Crippen molar-refractivity contribution in [2.24, 2.45) is 5.84 Å². The molecule has 19 heavy (non-hydrogen) atoms. The monoisotopic (exact) mass is 302 g/mol. The topological polar surface area (TPSA) is 105 Å². The molecule has 0 aliphatic rings. The molecule has 108 valence electrons. The van der Waals surface area contributed by atoms with Gasteiger partial charge in [0.2, 0.25) is 0 Å². The van der Waals surface area contributed by atoms with Gasteiger partial charge in [-0.3, -0.25) is 16.1 Å². The minimum absolute atomic E-state index is 0. The molecule has 0 saturated carbocycles. The van der Waals surface area contributed by atoms with Gasteiger partial charge in [-0.1, -0.05) is 35.9 Å². The van der Waals surface area contributed by atoms with E-state index in [0.717, 1.165) is 0 Å². The first-order chi connectivity index (χ1) is 7.37. The molecular formula is C12H24ClN2NaO3. The second-order valence-corrected chi connectivity index (χ2v) is 4.15. The Bertz CT molecular complexity index is 269. The number of halogens is 1. The maximum atomic E-state index is 8.36. The Balaban J connectivity index is -0.0000000510. The zero-order valence-corrected chi connectivity index (χ0v) is 15.1. The standard InChI is InChI=1S/C7H8.C4H12N2.CH2O2.ClH.Na.H2O/c1-7-5-3-2-4-6-7;1-4(2,3)6-5;2-1-3;;;/h2-6H,1H3;6H,5H2,1-3H3;1H,(H,2,3);1H;;1H2/q;;;;+1;/p-1. The smallest absolute Gasteiger partial charge is 0.870 e. The molecule has 1 rings (SSSR count). The van der Waals surface area contributed by atoms with E-state index in [-0.39, 0.29) is 59.5 Å². The van der Waals surface area contributed by atoms with Crippen LogP contribution in [-0.2, 0) is 4.79 Å². The maximum absolute atomic E-state index is 8.36. The number of benzene rings is 1. The van der Waals surface area contributed by atoms with E-state index in [0.29, 0.717) is 0 Å². The molecule has 0 unspecified atom stereocenters. The predicted octanol–water partition coefficient (Wildman–Crippen LogP) is -0.807. The maximum Gasteiger partial charge on any atom is 1.00 e. The summed E-state index contributed by atoms with van der Waals surface area (Å²) in [7, 11) is 0. The van der Waals surface area contributed by atoms with Crippen molar-refractivity contribution in [3.05, 3.63) is 35.9 Å². The summed E-state index contributed by atoms with van der Waals surface area (Å²) in [4.78, 5) is 8.36. The number of nitrogens with one attached hydrogen (secondary N) is 1. The van der Waals surface area contributed by atoms with Crippen molar-refractivity contribution >= 4 is 18.9 Å². The van der Waals surface area contributed by atoms with Crippen LogP contribution in [0.5, 0.6) is 0 Å². The van der Waals surface area contributed by atoms with Crippen molar-refractivity contribution in [3.63, 3.8) is 0 Å².